The molecule has 0 aliphatic heterocycles. The van der Waals surface area contributed by atoms with Crippen molar-refractivity contribution < 1.29 is 13.2 Å². The van der Waals surface area contributed by atoms with Crippen LogP contribution in [0.15, 0.2) is 28.9 Å². The third-order valence-electron chi connectivity index (χ3n) is 2.08. The van der Waals surface area contributed by atoms with Crippen molar-refractivity contribution in [1.82, 2.24) is 4.98 Å². The minimum atomic E-state index is -0.853. The van der Waals surface area contributed by atoms with Crippen molar-refractivity contribution in [2.75, 3.05) is 10.7 Å². The Balaban J connectivity index is 2.15. The van der Waals surface area contributed by atoms with Crippen LogP contribution in [0.3, 0.4) is 0 Å². The zero-order chi connectivity index (χ0) is 12.3. The summed E-state index contributed by atoms with van der Waals surface area (Å²) in [5.74, 6) is 3.67. The molecule has 2 heterocycles. The van der Waals surface area contributed by atoms with Crippen LogP contribution >= 0.6 is 0 Å². The van der Waals surface area contributed by atoms with Gasteiger partial charge in [-0.1, -0.05) is 0 Å². The smallest absolute Gasteiger partial charge is 0.178 e. The molecule has 0 aliphatic carbocycles. The van der Waals surface area contributed by atoms with E-state index in [2.05, 4.69) is 10.3 Å². The van der Waals surface area contributed by atoms with Crippen molar-refractivity contribution in [3.63, 3.8) is 0 Å². The number of hydrazine groups is 1. The van der Waals surface area contributed by atoms with Crippen LogP contribution in [0.2, 0.25) is 0 Å². The first-order chi connectivity index (χ1) is 8.20. The number of pyridine rings is 1. The molecule has 0 amide bonds. The molecule has 0 radical (unpaired) electrons. The molecule has 2 aromatic rings. The molecule has 2 aromatic heterocycles. The molecule has 0 atom stereocenters. The summed E-state index contributed by atoms with van der Waals surface area (Å²) in [6.07, 6.45) is 1.50. The molecule has 0 aromatic carbocycles. The predicted molar refractivity (Wildman–Crippen MR) is 58.0 cm³/mol. The second kappa shape index (κ2) is 4.79. The molecule has 0 fully saturated rings. The standard InChI is InChI=1S/C10H10F2N4O/c11-7-4-8(12)10(16-13)15-9(7)14-5-6-2-1-3-17-6/h1-4H,5,13H2,(H2,14,15,16). The normalized spacial score (nSPS) is 10.3. The van der Waals surface area contributed by atoms with Crippen LogP contribution in [0.1, 0.15) is 5.76 Å². The van der Waals surface area contributed by atoms with E-state index in [0.29, 0.717) is 11.8 Å². The van der Waals surface area contributed by atoms with Crippen molar-refractivity contribution in [1.29, 1.82) is 0 Å². The summed E-state index contributed by atoms with van der Waals surface area (Å²) in [6.45, 7) is 0.243. The van der Waals surface area contributed by atoms with Crippen molar-refractivity contribution in [2.24, 2.45) is 5.84 Å². The van der Waals surface area contributed by atoms with Crippen molar-refractivity contribution >= 4 is 11.6 Å². The summed E-state index contributed by atoms with van der Waals surface area (Å²) in [6, 6.07) is 4.13. The molecule has 2 rings (SSSR count). The Hall–Kier alpha value is -2.15. The Morgan fingerprint density at radius 3 is 2.71 bits per heavy atom. The first-order valence-corrected chi connectivity index (χ1v) is 4.79. The maximum absolute atomic E-state index is 13.3. The second-order valence-electron chi connectivity index (χ2n) is 3.23. The van der Waals surface area contributed by atoms with E-state index in [1.807, 2.05) is 5.43 Å². The molecule has 90 valence electrons. The van der Waals surface area contributed by atoms with Crippen LogP contribution < -0.4 is 16.6 Å². The highest BCUT2D eigenvalue weighted by molar-refractivity contribution is 5.46. The van der Waals surface area contributed by atoms with E-state index in [0.717, 1.165) is 0 Å². The van der Waals surface area contributed by atoms with Crippen LogP contribution in [-0.2, 0) is 6.54 Å². The van der Waals surface area contributed by atoms with E-state index in [4.69, 9.17) is 10.3 Å². The molecule has 0 bridgehead atoms. The average molecular weight is 240 g/mol. The van der Waals surface area contributed by atoms with Gasteiger partial charge >= 0.3 is 0 Å². The lowest BCUT2D eigenvalue weighted by molar-refractivity contribution is 0.516. The zero-order valence-corrected chi connectivity index (χ0v) is 8.71. The first kappa shape index (κ1) is 11.3. The number of nitrogens with one attached hydrogen (secondary N) is 2. The van der Waals surface area contributed by atoms with Gasteiger partial charge in [0.05, 0.1) is 12.8 Å². The molecule has 4 N–H and O–H groups in total. The Morgan fingerprint density at radius 1 is 1.29 bits per heavy atom. The Kier molecular flexibility index (Phi) is 3.20. The summed E-state index contributed by atoms with van der Waals surface area (Å²) in [5, 5.41) is 2.68. The fourth-order valence-electron chi connectivity index (χ4n) is 1.28. The highest BCUT2D eigenvalue weighted by atomic mass is 19.1. The fraction of sp³-hybridized carbons (Fsp3) is 0.100. The quantitative estimate of drug-likeness (QED) is 0.561. The number of anilines is 2. The summed E-state index contributed by atoms with van der Waals surface area (Å²) >= 11 is 0. The van der Waals surface area contributed by atoms with Gasteiger partial charge in [-0.15, -0.1) is 0 Å². The van der Waals surface area contributed by atoms with Crippen LogP contribution in [-0.4, -0.2) is 4.98 Å². The fourth-order valence-corrected chi connectivity index (χ4v) is 1.28. The van der Waals surface area contributed by atoms with Gasteiger partial charge in [-0.2, -0.15) is 0 Å². The van der Waals surface area contributed by atoms with Crippen LogP contribution in [0, 0.1) is 11.6 Å². The molecule has 5 nitrogen and oxygen atoms in total. The topological polar surface area (TPSA) is 76.1 Å². The third kappa shape index (κ3) is 2.51. The molecule has 0 saturated heterocycles. The number of nitrogens with zero attached hydrogens (tertiary/aromatic N) is 1. The van der Waals surface area contributed by atoms with Gasteiger partial charge in [-0.25, -0.2) is 19.6 Å². The zero-order valence-electron chi connectivity index (χ0n) is 8.71. The monoisotopic (exact) mass is 240 g/mol. The van der Waals surface area contributed by atoms with Gasteiger partial charge in [-0.05, 0) is 12.1 Å². The van der Waals surface area contributed by atoms with E-state index in [1.165, 1.54) is 6.26 Å². The molecule has 7 heteroatoms. The molecule has 0 unspecified atom stereocenters. The van der Waals surface area contributed by atoms with E-state index in [9.17, 15) is 8.78 Å². The number of hydrogen-bond acceptors (Lipinski definition) is 5. The van der Waals surface area contributed by atoms with E-state index < -0.39 is 11.6 Å². The number of halogens is 2. The summed E-state index contributed by atoms with van der Waals surface area (Å²) in [7, 11) is 0. The highest BCUT2D eigenvalue weighted by Crippen LogP contribution is 2.18. The van der Waals surface area contributed by atoms with E-state index in [-0.39, 0.29) is 18.2 Å². The number of aromatic nitrogens is 1. The minimum Gasteiger partial charge on any atom is -0.467 e. The van der Waals surface area contributed by atoms with Gasteiger partial charge in [0.25, 0.3) is 0 Å². The minimum absolute atomic E-state index is 0.101. The molecular weight excluding hydrogens is 230 g/mol. The molecular formula is C10H10F2N4O. The Morgan fingerprint density at radius 2 is 2.06 bits per heavy atom. The Labute approximate surface area is 95.6 Å². The van der Waals surface area contributed by atoms with Crippen molar-refractivity contribution in [3.05, 3.63) is 41.9 Å². The third-order valence-corrected chi connectivity index (χ3v) is 2.08. The van der Waals surface area contributed by atoms with E-state index >= 15 is 0 Å². The lowest BCUT2D eigenvalue weighted by atomic mass is 10.4. The lowest BCUT2D eigenvalue weighted by Crippen LogP contribution is -2.13. The summed E-state index contributed by atoms with van der Waals surface area (Å²) in [4.78, 5) is 3.65. The predicted octanol–water partition coefficient (Wildman–Crippen LogP) is 1.85. The van der Waals surface area contributed by atoms with Gasteiger partial charge in [-0.3, -0.25) is 0 Å². The van der Waals surface area contributed by atoms with Gasteiger partial charge in [0, 0.05) is 6.07 Å². The van der Waals surface area contributed by atoms with Crippen LogP contribution in [0.25, 0.3) is 0 Å². The lowest BCUT2D eigenvalue weighted by Gasteiger charge is -2.08. The van der Waals surface area contributed by atoms with Crippen LogP contribution in [0.4, 0.5) is 20.4 Å². The van der Waals surface area contributed by atoms with Crippen molar-refractivity contribution in [3.8, 4) is 0 Å². The van der Waals surface area contributed by atoms with E-state index in [1.54, 1.807) is 12.1 Å². The second-order valence-corrected chi connectivity index (χ2v) is 3.23. The Bertz CT molecular complexity index is 501. The maximum Gasteiger partial charge on any atom is 0.178 e. The first-order valence-electron chi connectivity index (χ1n) is 4.79. The van der Waals surface area contributed by atoms with Gasteiger partial charge in [0.2, 0.25) is 0 Å². The summed E-state index contributed by atoms with van der Waals surface area (Å²) in [5.41, 5.74) is 2.04. The largest absolute Gasteiger partial charge is 0.467 e. The average Bonchev–Trinajstić information content (AvgIpc) is 2.81. The molecule has 0 aliphatic rings. The SMILES string of the molecule is NNc1nc(NCc2ccco2)c(F)cc1F. The highest BCUT2D eigenvalue weighted by Gasteiger charge is 2.11. The van der Waals surface area contributed by atoms with Crippen LogP contribution in [0.5, 0.6) is 0 Å². The number of hydrogen-bond donors (Lipinski definition) is 3. The maximum atomic E-state index is 13.3. The molecule has 0 spiro atoms. The number of nitrogen functional groups attached to an aromatic ring is 1. The summed E-state index contributed by atoms with van der Waals surface area (Å²) < 4.78 is 31.4. The van der Waals surface area contributed by atoms with Gasteiger partial charge < -0.3 is 15.2 Å². The number of furan rings is 1. The molecule has 0 saturated carbocycles. The molecule has 17 heavy (non-hydrogen) atoms. The number of nitrogens with two attached hydrogens (primary N) is 1. The number of rotatable bonds is 4. The van der Waals surface area contributed by atoms with Gasteiger partial charge in [0.1, 0.15) is 5.76 Å². The van der Waals surface area contributed by atoms with Crippen molar-refractivity contribution in [2.45, 2.75) is 6.54 Å². The van der Waals surface area contributed by atoms with Gasteiger partial charge in [0.15, 0.2) is 23.3 Å².